The zero-order chi connectivity index (χ0) is 21.5. The summed E-state index contributed by atoms with van der Waals surface area (Å²) in [7, 11) is 1.75. The van der Waals surface area contributed by atoms with Crippen molar-refractivity contribution in [1.29, 1.82) is 0 Å². The molecular formula is C24H28FN3O2. The first kappa shape index (κ1) is 21.7. The van der Waals surface area contributed by atoms with Gasteiger partial charge in [-0.25, -0.2) is 9.37 Å². The summed E-state index contributed by atoms with van der Waals surface area (Å²) in [5.41, 5.74) is 2.37. The summed E-state index contributed by atoms with van der Waals surface area (Å²) >= 11 is 0. The highest BCUT2D eigenvalue weighted by Gasteiger charge is 2.20. The van der Waals surface area contributed by atoms with Crippen LogP contribution in [0.1, 0.15) is 47.8 Å². The Bertz CT molecular complexity index is 941. The van der Waals surface area contributed by atoms with Gasteiger partial charge in [-0.15, -0.1) is 0 Å². The van der Waals surface area contributed by atoms with Gasteiger partial charge in [-0.05, 0) is 36.6 Å². The van der Waals surface area contributed by atoms with E-state index in [1.165, 1.54) is 18.4 Å². The number of carbonyl (C=O) groups excluding carboxylic acids is 1. The monoisotopic (exact) mass is 409 g/mol. The number of rotatable bonds is 9. The van der Waals surface area contributed by atoms with Crippen LogP contribution in [-0.4, -0.2) is 33.8 Å². The second kappa shape index (κ2) is 10.2. The van der Waals surface area contributed by atoms with Gasteiger partial charge in [-0.3, -0.25) is 9.69 Å². The second-order valence-electron chi connectivity index (χ2n) is 7.56. The lowest BCUT2D eigenvalue weighted by Crippen LogP contribution is -2.32. The zero-order valence-corrected chi connectivity index (χ0v) is 17.7. The molecule has 3 rings (SSSR count). The van der Waals surface area contributed by atoms with Crippen molar-refractivity contribution in [2.24, 2.45) is 0 Å². The highest BCUT2D eigenvalue weighted by molar-refractivity contribution is 5.91. The molecule has 2 aromatic carbocycles. The van der Waals surface area contributed by atoms with Crippen molar-refractivity contribution >= 4 is 5.91 Å². The maximum atomic E-state index is 13.2. The normalized spacial score (nSPS) is 12.2. The van der Waals surface area contributed by atoms with Crippen molar-refractivity contribution in [3.05, 3.63) is 89.4 Å². The third-order valence-electron chi connectivity index (χ3n) is 5.23. The molecule has 0 saturated heterocycles. The molecule has 158 valence electrons. The Morgan fingerprint density at radius 2 is 1.70 bits per heavy atom. The van der Waals surface area contributed by atoms with Gasteiger partial charge in [0.25, 0.3) is 5.91 Å². The fraction of sp³-hybridized carbons (Fsp3) is 0.333. The number of nitrogens with zero attached hydrogens (tertiary/aromatic N) is 3. The van der Waals surface area contributed by atoms with Crippen LogP contribution >= 0.6 is 0 Å². The summed E-state index contributed by atoms with van der Waals surface area (Å²) in [4.78, 5) is 21.0. The molecule has 3 aromatic rings. The molecule has 30 heavy (non-hydrogen) atoms. The minimum Gasteiger partial charge on any atom is -0.447 e. The summed E-state index contributed by atoms with van der Waals surface area (Å²) in [6.45, 7) is 5.87. The number of amides is 1. The van der Waals surface area contributed by atoms with Gasteiger partial charge in [0.1, 0.15) is 12.1 Å². The largest absolute Gasteiger partial charge is 0.447 e. The number of aromatic nitrogens is 1. The van der Waals surface area contributed by atoms with Gasteiger partial charge in [0, 0.05) is 26.2 Å². The van der Waals surface area contributed by atoms with E-state index >= 15 is 0 Å². The maximum Gasteiger partial charge on any atom is 0.275 e. The Morgan fingerprint density at radius 1 is 1.03 bits per heavy atom. The van der Waals surface area contributed by atoms with Crippen LogP contribution in [-0.2, 0) is 19.6 Å². The van der Waals surface area contributed by atoms with Crippen molar-refractivity contribution in [1.82, 2.24) is 14.8 Å². The van der Waals surface area contributed by atoms with Gasteiger partial charge in [-0.2, -0.15) is 0 Å². The molecule has 0 aliphatic heterocycles. The standard InChI is InChI=1S/C24H28FN3O2/c1-4-18(2)28(15-20-10-12-21(25)13-11-20)16-23-26-22(17-30-23)24(29)27(3)14-19-8-6-5-7-9-19/h5-13,17-18H,4,14-16H2,1-3H3. The van der Waals surface area contributed by atoms with E-state index in [0.29, 0.717) is 31.2 Å². The van der Waals surface area contributed by atoms with Gasteiger partial charge >= 0.3 is 0 Å². The molecule has 0 radical (unpaired) electrons. The van der Waals surface area contributed by atoms with Crippen molar-refractivity contribution < 1.29 is 13.6 Å². The molecule has 1 atom stereocenters. The lowest BCUT2D eigenvalue weighted by atomic mass is 10.1. The second-order valence-corrected chi connectivity index (χ2v) is 7.56. The first-order chi connectivity index (χ1) is 14.5. The van der Waals surface area contributed by atoms with E-state index < -0.39 is 0 Å². The van der Waals surface area contributed by atoms with E-state index in [9.17, 15) is 9.18 Å². The SMILES string of the molecule is CCC(C)N(Cc1ccc(F)cc1)Cc1nc(C(=O)N(C)Cc2ccccc2)co1. The molecule has 0 saturated carbocycles. The third-order valence-corrected chi connectivity index (χ3v) is 5.23. The Labute approximate surface area is 177 Å². The fourth-order valence-electron chi connectivity index (χ4n) is 3.23. The van der Waals surface area contributed by atoms with Crippen LogP contribution in [0.5, 0.6) is 0 Å². The third kappa shape index (κ3) is 5.76. The molecule has 0 fully saturated rings. The molecule has 5 nitrogen and oxygen atoms in total. The van der Waals surface area contributed by atoms with E-state index in [4.69, 9.17) is 4.42 Å². The number of oxazole rings is 1. The van der Waals surface area contributed by atoms with Crippen LogP contribution in [0.2, 0.25) is 0 Å². The van der Waals surface area contributed by atoms with Gasteiger partial charge in [0.05, 0.1) is 6.54 Å². The summed E-state index contributed by atoms with van der Waals surface area (Å²) in [6.07, 6.45) is 2.37. The summed E-state index contributed by atoms with van der Waals surface area (Å²) in [5, 5.41) is 0. The molecule has 1 heterocycles. The van der Waals surface area contributed by atoms with Crippen LogP contribution in [0, 0.1) is 5.82 Å². The first-order valence-electron chi connectivity index (χ1n) is 10.2. The zero-order valence-electron chi connectivity index (χ0n) is 17.7. The van der Waals surface area contributed by atoms with Gasteiger partial charge in [-0.1, -0.05) is 49.4 Å². The van der Waals surface area contributed by atoms with E-state index in [-0.39, 0.29) is 17.8 Å². The van der Waals surface area contributed by atoms with Crippen LogP contribution in [0.25, 0.3) is 0 Å². The Kier molecular flexibility index (Phi) is 7.36. The Hall–Kier alpha value is -2.99. The lowest BCUT2D eigenvalue weighted by molar-refractivity contribution is 0.0779. The molecule has 0 aliphatic rings. The summed E-state index contributed by atoms with van der Waals surface area (Å²) in [5.74, 6) is 0.0701. The molecule has 1 aromatic heterocycles. The van der Waals surface area contributed by atoms with Gasteiger partial charge in [0.2, 0.25) is 5.89 Å². The predicted molar refractivity (Wildman–Crippen MR) is 114 cm³/mol. The summed E-state index contributed by atoms with van der Waals surface area (Å²) < 4.78 is 18.8. The van der Waals surface area contributed by atoms with Crippen molar-refractivity contribution in [3.63, 3.8) is 0 Å². The quantitative estimate of drug-likeness (QED) is 0.505. The molecule has 6 heteroatoms. The van der Waals surface area contributed by atoms with Crippen LogP contribution < -0.4 is 0 Å². The minimum absolute atomic E-state index is 0.178. The topological polar surface area (TPSA) is 49.6 Å². The first-order valence-corrected chi connectivity index (χ1v) is 10.2. The minimum atomic E-state index is -0.246. The number of benzene rings is 2. The number of carbonyl (C=O) groups is 1. The van der Waals surface area contributed by atoms with Crippen LogP contribution in [0.15, 0.2) is 65.3 Å². The Balaban J connectivity index is 1.66. The van der Waals surface area contributed by atoms with E-state index in [1.807, 2.05) is 30.3 Å². The van der Waals surface area contributed by atoms with Crippen molar-refractivity contribution in [2.75, 3.05) is 7.05 Å². The van der Waals surface area contributed by atoms with E-state index in [1.54, 1.807) is 24.1 Å². The molecule has 1 amide bonds. The summed E-state index contributed by atoms with van der Waals surface area (Å²) in [6, 6.07) is 16.6. The fourth-order valence-corrected chi connectivity index (χ4v) is 3.23. The molecule has 1 unspecified atom stereocenters. The lowest BCUT2D eigenvalue weighted by Gasteiger charge is -2.27. The van der Waals surface area contributed by atoms with Gasteiger partial charge < -0.3 is 9.32 Å². The number of halogens is 1. The number of hydrogen-bond donors (Lipinski definition) is 0. The smallest absolute Gasteiger partial charge is 0.275 e. The van der Waals surface area contributed by atoms with E-state index in [2.05, 4.69) is 23.7 Å². The highest BCUT2D eigenvalue weighted by atomic mass is 19.1. The highest BCUT2D eigenvalue weighted by Crippen LogP contribution is 2.16. The van der Waals surface area contributed by atoms with Crippen LogP contribution in [0.4, 0.5) is 4.39 Å². The average Bonchev–Trinajstić information content (AvgIpc) is 3.23. The van der Waals surface area contributed by atoms with E-state index in [0.717, 1.165) is 17.5 Å². The molecule has 0 N–H and O–H groups in total. The molecular weight excluding hydrogens is 381 g/mol. The molecule has 0 spiro atoms. The van der Waals surface area contributed by atoms with Crippen molar-refractivity contribution in [2.45, 2.75) is 45.9 Å². The average molecular weight is 410 g/mol. The Morgan fingerprint density at radius 3 is 2.37 bits per heavy atom. The maximum absolute atomic E-state index is 13.2. The number of hydrogen-bond acceptors (Lipinski definition) is 4. The predicted octanol–water partition coefficient (Wildman–Crippen LogP) is 4.89. The van der Waals surface area contributed by atoms with Gasteiger partial charge in [0.15, 0.2) is 5.69 Å². The molecule has 0 bridgehead atoms. The molecule has 0 aliphatic carbocycles. The van der Waals surface area contributed by atoms with Crippen molar-refractivity contribution in [3.8, 4) is 0 Å². The van der Waals surface area contributed by atoms with Crippen LogP contribution in [0.3, 0.4) is 0 Å².